The molecular formula is C16H18Cl2N2O. The maximum Gasteiger partial charge on any atom is 0.219 e. The van der Waals surface area contributed by atoms with Gasteiger partial charge in [0, 0.05) is 30.4 Å². The first-order valence-electron chi connectivity index (χ1n) is 6.78. The van der Waals surface area contributed by atoms with Crippen LogP contribution in [0.2, 0.25) is 10.0 Å². The van der Waals surface area contributed by atoms with Crippen molar-refractivity contribution in [3.05, 3.63) is 51.6 Å². The molecule has 1 heterocycles. The third-order valence-corrected chi connectivity index (χ3v) is 3.72. The average molecular weight is 325 g/mol. The summed E-state index contributed by atoms with van der Waals surface area (Å²) in [5, 5.41) is 4.34. The van der Waals surface area contributed by atoms with Crippen LogP contribution in [-0.2, 0) is 6.54 Å². The van der Waals surface area contributed by atoms with Gasteiger partial charge in [-0.1, -0.05) is 43.1 Å². The Morgan fingerprint density at radius 2 is 1.90 bits per heavy atom. The van der Waals surface area contributed by atoms with Gasteiger partial charge in [0.05, 0.1) is 10.0 Å². The fourth-order valence-electron chi connectivity index (χ4n) is 1.79. The molecule has 0 bridgehead atoms. The number of pyridine rings is 1. The summed E-state index contributed by atoms with van der Waals surface area (Å²) in [5.74, 6) is 1.16. The van der Waals surface area contributed by atoms with E-state index in [2.05, 4.69) is 24.1 Å². The number of aromatic nitrogens is 1. The summed E-state index contributed by atoms with van der Waals surface area (Å²) in [6, 6.07) is 9.45. The molecule has 2 aromatic rings. The Hall–Kier alpha value is -1.29. The molecule has 1 aromatic heterocycles. The minimum atomic E-state index is 0.441. The molecule has 112 valence electrons. The van der Waals surface area contributed by atoms with Crippen LogP contribution in [0.4, 0.5) is 0 Å². The Labute approximate surface area is 135 Å². The number of nitrogens with zero attached hydrogens (tertiary/aromatic N) is 1. The molecule has 1 aromatic carbocycles. The quantitative estimate of drug-likeness (QED) is 0.841. The van der Waals surface area contributed by atoms with E-state index in [4.69, 9.17) is 27.9 Å². The zero-order valence-electron chi connectivity index (χ0n) is 12.3. The number of rotatable bonds is 5. The zero-order valence-corrected chi connectivity index (χ0v) is 13.8. The van der Waals surface area contributed by atoms with Crippen LogP contribution in [0, 0.1) is 6.92 Å². The predicted octanol–water partition coefficient (Wildman–Crippen LogP) is 4.99. The lowest BCUT2D eigenvalue weighted by Gasteiger charge is -2.12. The van der Waals surface area contributed by atoms with E-state index in [9.17, 15) is 0 Å². The number of hydrogen-bond acceptors (Lipinski definition) is 3. The van der Waals surface area contributed by atoms with Crippen LogP contribution >= 0.6 is 23.2 Å². The number of ether oxygens (including phenoxy) is 1. The van der Waals surface area contributed by atoms with Crippen LogP contribution in [0.25, 0.3) is 0 Å². The van der Waals surface area contributed by atoms with Gasteiger partial charge >= 0.3 is 0 Å². The SMILES string of the molecule is Cc1nc(Oc2ccc(Cl)c(Cl)c2)ccc1CNC(C)C. The van der Waals surface area contributed by atoms with Crippen LogP contribution in [0.5, 0.6) is 11.6 Å². The summed E-state index contributed by atoms with van der Waals surface area (Å²) in [7, 11) is 0. The first-order chi connectivity index (χ1) is 9.95. The molecule has 0 unspecified atom stereocenters. The van der Waals surface area contributed by atoms with Crippen LogP contribution in [0.15, 0.2) is 30.3 Å². The van der Waals surface area contributed by atoms with Crippen molar-refractivity contribution in [3.8, 4) is 11.6 Å². The minimum absolute atomic E-state index is 0.441. The van der Waals surface area contributed by atoms with Crippen LogP contribution in [0.3, 0.4) is 0 Å². The smallest absolute Gasteiger partial charge is 0.219 e. The number of halogens is 2. The van der Waals surface area contributed by atoms with Gasteiger partial charge in [0.1, 0.15) is 5.75 Å². The molecule has 0 amide bonds. The summed E-state index contributed by atoms with van der Waals surface area (Å²) in [5.41, 5.74) is 2.10. The second-order valence-electron chi connectivity index (χ2n) is 5.11. The van der Waals surface area contributed by atoms with Gasteiger partial charge in [-0.3, -0.25) is 0 Å². The molecule has 0 fully saturated rings. The van der Waals surface area contributed by atoms with E-state index >= 15 is 0 Å². The monoisotopic (exact) mass is 324 g/mol. The lowest BCUT2D eigenvalue weighted by atomic mass is 10.2. The molecular weight excluding hydrogens is 307 g/mol. The van der Waals surface area contributed by atoms with Crippen molar-refractivity contribution in [2.24, 2.45) is 0 Å². The molecule has 2 rings (SSSR count). The predicted molar refractivity (Wildman–Crippen MR) is 87.5 cm³/mol. The Morgan fingerprint density at radius 3 is 2.52 bits per heavy atom. The van der Waals surface area contributed by atoms with Gasteiger partial charge in [0.25, 0.3) is 0 Å². The summed E-state index contributed by atoms with van der Waals surface area (Å²) in [4.78, 5) is 4.46. The highest BCUT2D eigenvalue weighted by molar-refractivity contribution is 6.42. The third-order valence-electron chi connectivity index (χ3n) is 2.98. The van der Waals surface area contributed by atoms with Gasteiger partial charge < -0.3 is 10.1 Å². The Bertz CT molecular complexity index is 630. The van der Waals surface area contributed by atoms with E-state index in [0.717, 1.165) is 17.8 Å². The summed E-state index contributed by atoms with van der Waals surface area (Å²) in [6.45, 7) is 7.00. The zero-order chi connectivity index (χ0) is 15.4. The van der Waals surface area contributed by atoms with Crippen molar-refractivity contribution in [2.45, 2.75) is 33.4 Å². The highest BCUT2D eigenvalue weighted by atomic mass is 35.5. The molecule has 0 spiro atoms. The van der Waals surface area contributed by atoms with Crippen LogP contribution in [-0.4, -0.2) is 11.0 Å². The number of nitrogens with one attached hydrogen (secondary N) is 1. The van der Waals surface area contributed by atoms with Gasteiger partial charge in [-0.25, -0.2) is 4.98 Å². The molecule has 3 nitrogen and oxygen atoms in total. The van der Waals surface area contributed by atoms with Gasteiger partial charge in [0.2, 0.25) is 5.88 Å². The lowest BCUT2D eigenvalue weighted by Crippen LogP contribution is -2.22. The Balaban J connectivity index is 2.10. The fourth-order valence-corrected chi connectivity index (χ4v) is 2.07. The summed E-state index contributed by atoms with van der Waals surface area (Å²) < 4.78 is 5.70. The van der Waals surface area contributed by atoms with E-state index in [-0.39, 0.29) is 0 Å². The van der Waals surface area contributed by atoms with E-state index in [0.29, 0.717) is 27.7 Å². The second kappa shape index (κ2) is 7.12. The first-order valence-corrected chi connectivity index (χ1v) is 7.54. The van der Waals surface area contributed by atoms with Crippen LogP contribution < -0.4 is 10.1 Å². The second-order valence-corrected chi connectivity index (χ2v) is 5.92. The molecule has 0 saturated heterocycles. The molecule has 0 aliphatic heterocycles. The first kappa shape index (κ1) is 16.1. The molecule has 0 radical (unpaired) electrons. The Kier molecular flexibility index (Phi) is 5.45. The fraction of sp³-hybridized carbons (Fsp3) is 0.312. The molecule has 0 aliphatic carbocycles. The molecule has 5 heteroatoms. The van der Waals surface area contributed by atoms with Crippen molar-refractivity contribution < 1.29 is 4.74 Å². The third kappa shape index (κ3) is 4.60. The van der Waals surface area contributed by atoms with Crippen LogP contribution in [0.1, 0.15) is 25.1 Å². The molecule has 1 N–H and O–H groups in total. The van der Waals surface area contributed by atoms with E-state index in [1.54, 1.807) is 18.2 Å². The van der Waals surface area contributed by atoms with E-state index in [1.165, 1.54) is 0 Å². The van der Waals surface area contributed by atoms with Gasteiger partial charge in [-0.05, 0) is 24.6 Å². The van der Waals surface area contributed by atoms with Crippen molar-refractivity contribution in [1.82, 2.24) is 10.3 Å². The van der Waals surface area contributed by atoms with Crippen molar-refractivity contribution >= 4 is 23.2 Å². The van der Waals surface area contributed by atoms with Crippen molar-refractivity contribution in [2.75, 3.05) is 0 Å². The number of aryl methyl sites for hydroxylation is 1. The number of hydrogen-bond donors (Lipinski definition) is 1. The molecule has 0 atom stereocenters. The molecule has 21 heavy (non-hydrogen) atoms. The molecule has 0 aliphatic rings. The number of benzene rings is 1. The van der Waals surface area contributed by atoms with E-state index < -0.39 is 0 Å². The maximum absolute atomic E-state index is 5.97. The Morgan fingerprint density at radius 1 is 1.14 bits per heavy atom. The maximum atomic E-state index is 5.97. The van der Waals surface area contributed by atoms with Crippen molar-refractivity contribution in [1.29, 1.82) is 0 Å². The highest BCUT2D eigenvalue weighted by Gasteiger charge is 2.06. The topological polar surface area (TPSA) is 34.1 Å². The van der Waals surface area contributed by atoms with Gasteiger partial charge in [0.15, 0.2) is 0 Å². The standard InChI is InChI=1S/C16H18Cl2N2O/c1-10(2)19-9-12-4-7-16(20-11(12)3)21-13-5-6-14(17)15(18)8-13/h4-8,10,19H,9H2,1-3H3. The van der Waals surface area contributed by atoms with Gasteiger partial charge in [-0.15, -0.1) is 0 Å². The van der Waals surface area contributed by atoms with Gasteiger partial charge in [-0.2, -0.15) is 0 Å². The lowest BCUT2D eigenvalue weighted by molar-refractivity contribution is 0.460. The largest absolute Gasteiger partial charge is 0.439 e. The highest BCUT2D eigenvalue weighted by Crippen LogP contribution is 2.29. The van der Waals surface area contributed by atoms with Crippen molar-refractivity contribution in [3.63, 3.8) is 0 Å². The summed E-state index contributed by atoms with van der Waals surface area (Å²) in [6.07, 6.45) is 0. The average Bonchev–Trinajstić information content (AvgIpc) is 2.42. The summed E-state index contributed by atoms with van der Waals surface area (Å²) >= 11 is 11.8. The molecule has 0 saturated carbocycles. The minimum Gasteiger partial charge on any atom is -0.439 e. The van der Waals surface area contributed by atoms with E-state index in [1.807, 2.05) is 19.1 Å². The normalized spacial score (nSPS) is 11.0.